The molecule has 1 saturated heterocycles. The van der Waals surface area contributed by atoms with Crippen LogP contribution in [0.15, 0.2) is 58.2 Å². The second-order valence-corrected chi connectivity index (χ2v) is 10.2. The summed E-state index contributed by atoms with van der Waals surface area (Å²) in [6.07, 6.45) is 0. The lowest BCUT2D eigenvalue weighted by Crippen LogP contribution is -2.49. The molecule has 1 N–H and O–H groups in total. The Balaban J connectivity index is 1.47. The fourth-order valence-electron chi connectivity index (χ4n) is 3.98. The van der Waals surface area contributed by atoms with E-state index >= 15 is 0 Å². The van der Waals surface area contributed by atoms with Gasteiger partial charge in [0.05, 0.1) is 21.8 Å². The number of nitrogens with zero attached hydrogens (tertiary/aromatic N) is 3. The predicted molar refractivity (Wildman–Crippen MR) is 122 cm³/mol. The number of aromatic nitrogens is 2. The molecule has 4 rings (SSSR count). The maximum Gasteiger partial charge on any atom is 0.258 e. The number of fused-ring (bicyclic) bond motifs is 1. The molecular formula is C23H28N4O3S. The van der Waals surface area contributed by atoms with Crippen LogP contribution in [0.2, 0.25) is 0 Å². The van der Waals surface area contributed by atoms with E-state index < -0.39 is 10.0 Å². The number of rotatable bonds is 5. The van der Waals surface area contributed by atoms with E-state index in [1.54, 1.807) is 18.2 Å². The Bertz CT molecular complexity index is 1230. The van der Waals surface area contributed by atoms with Crippen LogP contribution in [0.5, 0.6) is 0 Å². The fraction of sp³-hybridized carbons (Fsp3) is 0.391. The van der Waals surface area contributed by atoms with Crippen LogP contribution in [-0.4, -0.2) is 53.8 Å². The van der Waals surface area contributed by atoms with Gasteiger partial charge >= 0.3 is 0 Å². The molecule has 0 amide bonds. The average molecular weight is 441 g/mol. The Kier molecular flexibility index (Phi) is 5.96. The van der Waals surface area contributed by atoms with Gasteiger partial charge in [-0.1, -0.05) is 38.1 Å². The Morgan fingerprint density at radius 3 is 2.23 bits per heavy atom. The van der Waals surface area contributed by atoms with Crippen molar-refractivity contribution in [1.29, 1.82) is 0 Å². The summed E-state index contributed by atoms with van der Waals surface area (Å²) in [5.74, 6) is 0.959. The van der Waals surface area contributed by atoms with Crippen LogP contribution in [0.4, 0.5) is 0 Å². The Morgan fingerprint density at radius 1 is 0.935 bits per heavy atom. The summed E-state index contributed by atoms with van der Waals surface area (Å²) < 4.78 is 27.6. The summed E-state index contributed by atoms with van der Waals surface area (Å²) in [7, 11) is -3.52. The summed E-state index contributed by atoms with van der Waals surface area (Å²) in [6.45, 7) is 8.10. The van der Waals surface area contributed by atoms with Crippen LogP contribution in [0.25, 0.3) is 10.9 Å². The van der Waals surface area contributed by atoms with Gasteiger partial charge in [-0.3, -0.25) is 9.69 Å². The number of nitrogens with one attached hydrogen (secondary N) is 1. The normalized spacial score (nSPS) is 17.3. The highest BCUT2D eigenvalue weighted by Gasteiger charge is 2.31. The number of benzene rings is 2. The van der Waals surface area contributed by atoms with E-state index in [0.717, 1.165) is 5.56 Å². The quantitative estimate of drug-likeness (QED) is 0.659. The highest BCUT2D eigenvalue weighted by Crippen LogP contribution is 2.24. The van der Waals surface area contributed by atoms with E-state index in [2.05, 4.69) is 28.7 Å². The van der Waals surface area contributed by atoms with E-state index in [9.17, 15) is 13.2 Å². The van der Waals surface area contributed by atoms with Crippen molar-refractivity contribution >= 4 is 20.9 Å². The molecule has 2 aromatic carbocycles. The standard InChI is InChI=1S/C23H28N4O3S/c1-16(2)18-8-10-19(11-9-18)31(29,30)27-14-12-26(13-15-27)17(3)22-24-21-7-5-4-6-20(21)23(28)25-22/h4-11,16-17H,12-15H2,1-3H3,(H,24,25,28)/t17-/m0/s1. The Morgan fingerprint density at radius 2 is 1.58 bits per heavy atom. The molecule has 1 fully saturated rings. The first-order valence-electron chi connectivity index (χ1n) is 10.6. The number of aromatic amines is 1. The largest absolute Gasteiger partial charge is 0.309 e. The van der Waals surface area contributed by atoms with Gasteiger partial charge in [-0.2, -0.15) is 4.31 Å². The van der Waals surface area contributed by atoms with Crippen molar-refractivity contribution in [3.8, 4) is 0 Å². The summed E-state index contributed by atoms with van der Waals surface area (Å²) in [4.78, 5) is 22.4. The SMILES string of the molecule is CC(C)c1ccc(S(=O)(=O)N2CCN([C@@H](C)c3nc4ccccc4c(=O)[nH]3)CC2)cc1. The maximum absolute atomic E-state index is 13.1. The molecule has 31 heavy (non-hydrogen) atoms. The van der Waals surface area contributed by atoms with Gasteiger partial charge in [-0.25, -0.2) is 13.4 Å². The molecule has 0 spiro atoms. The smallest absolute Gasteiger partial charge is 0.258 e. The zero-order valence-corrected chi connectivity index (χ0v) is 18.9. The molecule has 0 bridgehead atoms. The van der Waals surface area contributed by atoms with Crippen LogP contribution in [0.3, 0.4) is 0 Å². The van der Waals surface area contributed by atoms with Crippen LogP contribution < -0.4 is 5.56 Å². The van der Waals surface area contributed by atoms with Crippen LogP contribution in [0, 0.1) is 0 Å². The highest BCUT2D eigenvalue weighted by atomic mass is 32.2. The van der Waals surface area contributed by atoms with E-state index in [0.29, 0.717) is 53.7 Å². The Labute approximate surface area is 182 Å². The fourth-order valence-corrected chi connectivity index (χ4v) is 5.40. The number of hydrogen-bond donors (Lipinski definition) is 1. The van der Waals surface area contributed by atoms with Crippen LogP contribution in [0.1, 0.15) is 44.1 Å². The molecule has 1 aliphatic heterocycles. The third-order valence-corrected chi connectivity index (χ3v) is 7.95. The van der Waals surface area contributed by atoms with Crippen molar-refractivity contribution in [2.45, 2.75) is 37.6 Å². The molecule has 0 saturated carbocycles. The summed E-state index contributed by atoms with van der Waals surface area (Å²) in [5, 5.41) is 0.567. The summed E-state index contributed by atoms with van der Waals surface area (Å²) in [6, 6.07) is 14.3. The van der Waals surface area contributed by atoms with Crippen molar-refractivity contribution < 1.29 is 8.42 Å². The number of para-hydroxylation sites is 1. The van der Waals surface area contributed by atoms with Crippen molar-refractivity contribution in [2.75, 3.05) is 26.2 Å². The maximum atomic E-state index is 13.1. The minimum atomic E-state index is -3.52. The molecule has 0 unspecified atom stereocenters. The molecule has 164 valence electrons. The third-order valence-electron chi connectivity index (χ3n) is 6.03. The first kappa shape index (κ1) is 21.7. The van der Waals surface area contributed by atoms with Gasteiger partial charge in [0.1, 0.15) is 5.82 Å². The molecular weight excluding hydrogens is 412 g/mol. The van der Waals surface area contributed by atoms with Gasteiger partial charge in [-0.15, -0.1) is 0 Å². The number of H-pyrrole nitrogens is 1. The van der Waals surface area contributed by atoms with Gasteiger partial charge in [0.2, 0.25) is 10.0 Å². The van der Waals surface area contributed by atoms with Gasteiger partial charge in [0.15, 0.2) is 0 Å². The molecule has 1 aromatic heterocycles. The zero-order chi connectivity index (χ0) is 22.2. The van der Waals surface area contributed by atoms with Gasteiger partial charge in [-0.05, 0) is 42.7 Å². The Hall–Kier alpha value is -2.55. The zero-order valence-electron chi connectivity index (χ0n) is 18.1. The molecule has 0 aliphatic carbocycles. The first-order valence-corrected chi connectivity index (χ1v) is 12.0. The third kappa shape index (κ3) is 4.28. The van der Waals surface area contributed by atoms with E-state index in [-0.39, 0.29) is 11.6 Å². The van der Waals surface area contributed by atoms with Crippen molar-refractivity contribution in [3.63, 3.8) is 0 Å². The molecule has 7 nitrogen and oxygen atoms in total. The minimum absolute atomic E-state index is 0.118. The second-order valence-electron chi connectivity index (χ2n) is 8.31. The molecule has 1 aliphatic rings. The minimum Gasteiger partial charge on any atom is -0.309 e. The predicted octanol–water partition coefficient (Wildman–Crippen LogP) is 3.11. The van der Waals surface area contributed by atoms with Crippen LogP contribution >= 0.6 is 0 Å². The van der Waals surface area contributed by atoms with Crippen molar-refractivity contribution in [3.05, 3.63) is 70.3 Å². The average Bonchev–Trinajstić information content (AvgIpc) is 2.78. The molecule has 0 radical (unpaired) electrons. The van der Waals surface area contributed by atoms with Gasteiger partial charge < -0.3 is 4.98 Å². The van der Waals surface area contributed by atoms with E-state index in [1.807, 2.05) is 37.3 Å². The first-order chi connectivity index (χ1) is 14.8. The monoisotopic (exact) mass is 440 g/mol. The molecule has 3 aromatic rings. The number of piperazine rings is 1. The van der Waals surface area contributed by atoms with Gasteiger partial charge in [0.25, 0.3) is 5.56 Å². The lowest BCUT2D eigenvalue weighted by atomic mass is 10.0. The summed E-state index contributed by atoms with van der Waals surface area (Å²) in [5.41, 5.74) is 1.63. The van der Waals surface area contributed by atoms with Crippen LogP contribution in [-0.2, 0) is 10.0 Å². The van der Waals surface area contributed by atoms with E-state index in [4.69, 9.17) is 0 Å². The summed E-state index contributed by atoms with van der Waals surface area (Å²) >= 11 is 0. The molecule has 8 heteroatoms. The van der Waals surface area contributed by atoms with E-state index in [1.165, 1.54) is 4.31 Å². The number of hydrogen-bond acceptors (Lipinski definition) is 5. The van der Waals surface area contributed by atoms with Crippen molar-refractivity contribution in [2.24, 2.45) is 0 Å². The molecule has 1 atom stereocenters. The van der Waals surface area contributed by atoms with Gasteiger partial charge in [0, 0.05) is 26.2 Å². The lowest BCUT2D eigenvalue weighted by Gasteiger charge is -2.37. The van der Waals surface area contributed by atoms with Crippen molar-refractivity contribution in [1.82, 2.24) is 19.2 Å². The number of sulfonamides is 1. The second kappa shape index (κ2) is 8.53. The lowest BCUT2D eigenvalue weighted by molar-refractivity contribution is 0.141. The molecule has 2 heterocycles. The topological polar surface area (TPSA) is 86.4 Å². The highest BCUT2D eigenvalue weighted by molar-refractivity contribution is 7.89.